The molecule has 1 aliphatic carbocycles. The highest BCUT2D eigenvalue weighted by molar-refractivity contribution is 7.14. The van der Waals surface area contributed by atoms with Crippen LogP contribution in [0.15, 0.2) is 23.6 Å². The van der Waals surface area contributed by atoms with Crippen molar-refractivity contribution in [1.29, 1.82) is 0 Å². The Kier molecular flexibility index (Phi) is 7.62. The van der Waals surface area contributed by atoms with Gasteiger partial charge in [0.15, 0.2) is 10.9 Å². The van der Waals surface area contributed by atoms with Crippen molar-refractivity contribution in [1.82, 2.24) is 14.8 Å². The number of aromatic nitrogens is 1. The van der Waals surface area contributed by atoms with Gasteiger partial charge in [-0.25, -0.2) is 9.37 Å². The number of primary amides is 1. The predicted molar refractivity (Wildman–Crippen MR) is 150 cm³/mol. The third kappa shape index (κ3) is 5.03. The molecule has 2 aromatic rings. The Morgan fingerprint density at radius 2 is 1.90 bits per heavy atom. The summed E-state index contributed by atoms with van der Waals surface area (Å²) in [6.45, 7) is 3.39. The molecule has 40 heavy (non-hydrogen) atoms. The van der Waals surface area contributed by atoms with Gasteiger partial charge in [0.2, 0.25) is 11.8 Å². The second kappa shape index (κ2) is 11.2. The summed E-state index contributed by atoms with van der Waals surface area (Å²) in [7, 11) is 2.11. The number of fused-ring (bicyclic) bond motifs is 1. The topological polar surface area (TPSA) is 109 Å². The molecule has 3 aliphatic heterocycles. The number of benzene rings is 1. The number of halogens is 1. The number of rotatable bonds is 6. The summed E-state index contributed by atoms with van der Waals surface area (Å²) in [5.41, 5.74) is 8.24. The van der Waals surface area contributed by atoms with E-state index in [0.717, 1.165) is 74.7 Å². The Morgan fingerprint density at radius 1 is 1.15 bits per heavy atom. The van der Waals surface area contributed by atoms with Crippen molar-refractivity contribution in [2.24, 2.45) is 11.7 Å². The van der Waals surface area contributed by atoms with E-state index >= 15 is 0 Å². The Labute approximate surface area is 237 Å². The molecule has 1 saturated carbocycles. The zero-order valence-corrected chi connectivity index (χ0v) is 23.6. The first-order valence-corrected chi connectivity index (χ1v) is 15.1. The Morgan fingerprint density at radius 3 is 2.62 bits per heavy atom. The number of ketones is 1. The number of carbonyl (C=O) groups is 3. The number of carbonyl (C=O) groups excluding carboxylic acids is 3. The standard InChI is InChI=1S/C29H36FN5O4S/c1-33-9-11-34(12-10-33)29-32-22(16-40-29)18-7-8-19(27(31)37)20(13-18)24(17-5-3-2-4-6-17)28(38)35-14-21(30)26-25(35)23(36)15-39-26/h7-8,13,16-17,21,24-26H,2-6,9-12,14-15H2,1H3,(H2,31,37)/t21-,24-,25+,26+/m0/s1. The van der Waals surface area contributed by atoms with Crippen LogP contribution in [-0.4, -0.2) is 97.1 Å². The first-order chi connectivity index (χ1) is 19.3. The van der Waals surface area contributed by atoms with E-state index < -0.39 is 30.1 Å². The maximum absolute atomic E-state index is 14.9. The molecule has 0 bridgehead atoms. The van der Waals surface area contributed by atoms with Gasteiger partial charge in [0, 0.05) is 42.7 Å². The first kappa shape index (κ1) is 27.3. The molecule has 4 fully saturated rings. The van der Waals surface area contributed by atoms with Gasteiger partial charge in [-0.1, -0.05) is 25.3 Å². The molecule has 2 N–H and O–H groups in total. The lowest BCUT2D eigenvalue weighted by atomic mass is 9.74. The van der Waals surface area contributed by atoms with Crippen molar-refractivity contribution >= 4 is 34.1 Å². The molecule has 0 spiro atoms. The lowest BCUT2D eigenvalue weighted by Gasteiger charge is -2.34. The number of hydrogen-bond acceptors (Lipinski definition) is 8. The molecule has 214 valence electrons. The van der Waals surface area contributed by atoms with Gasteiger partial charge in [-0.2, -0.15) is 0 Å². The van der Waals surface area contributed by atoms with Gasteiger partial charge in [0.25, 0.3) is 0 Å². The number of Topliss-reactive ketones (excluding diaryl/α,β-unsaturated/α-hetero) is 1. The smallest absolute Gasteiger partial charge is 0.249 e. The summed E-state index contributed by atoms with van der Waals surface area (Å²) < 4.78 is 20.3. The molecule has 1 aromatic heterocycles. The fourth-order valence-corrected chi connectivity index (χ4v) is 7.69. The Hall–Kier alpha value is -2.89. The Bertz CT molecular complexity index is 1290. The molecule has 11 heteroatoms. The maximum Gasteiger partial charge on any atom is 0.249 e. The minimum atomic E-state index is -1.42. The molecule has 0 radical (unpaired) electrons. The van der Waals surface area contributed by atoms with Crippen LogP contribution in [0.2, 0.25) is 0 Å². The summed E-state index contributed by atoms with van der Waals surface area (Å²) in [6.07, 6.45) is 2.32. The van der Waals surface area contributed by atoms with E-state index in [4.69, 9.17) is 15.5 Å². The third-order valence-electron chi connectivity index (χ3n) is 9.01. The molecule has 2 amide bonds. The van der Waals surface area contributed by atoms with Crippen LogP contribution >= 0.6 is 11.3 Å². The van der Waals surface area contributed by atoms with Crippen LogP contribution in [0.1, 0.15) is 53.9 Å². The van der Waals surface area contributed by atoms with Crippen LogP contribution in [0.3, 0.4) is 0 Å². The summed E-state index contributed by atoms with van der Waals surface area (Å²) >= 11 is 1.58. The molecule has 6 rings (SSSR count). The van der Waals surface area contributed by atoms with E-state index in [2.05, 4.69) is 16.8 Å². The van der Waals surface area contributed by atoms with Gasteiger partial charge in [-0.05, 0) is 43.5 Å². The normalized spacial score (nSPS) is 26.8. The van der Waals surface area contributed by atoms with Crippen LogP contribution in [-0.2, 0) is 14.3 Å². The molecular formula is C29H36FN5O4S. The van der Waals surface area contributed by atoms with Crippen molar-refractivity contribution in [3.63, 3.8) is 0 Å². The fraction of sp³-hybridized carbons (Fsp3) is 0.586. The van der Waals surface area contributed by atoms with Crippen LogP contribution in [0.25, 0.3) is 11.3 Å². The highest BCUT2D eigenvalue weighted by atomic mass is 32.1. The van der Waals surface area contributed by atoms with Gasteiger partial charge in [0.05, 0.1) is 18.2 Å². The first-order valence-electron chi connectivity index (χ1n) is 14.2. The maximum atomic E-state index is 14.9. The molecule has 4 aliphatic rings. The lowest BCUT2D eigenvalue weighted by molar-refractivity contribution is -0.139. The summed E-state index contributed by atoms with van der Waals surface area (Å²) in [5.74, 6) is -1.96. The van der Waals surface area contributed by atoms with E-state index in [-0.39, 0.29) is 36.3 Å². The average Bonchev–Trinajstić information content (AvgIpc) is 3.68. The van der Waals surface area contributed by atoms with Gasteiger partial charge in [-0.3, -0.25) is 14.4 Å². The number of amides is 2. The highest BCUT2D eigenvalue weighted by Gasteiger charge is 2.54. The van der Waals surface area contributed by atoms with E-state index in [9.17, 15) is 18.8 Å². The quantitative estimate of drug-likeness (QED) is 0.570. The number of nitrogens with two attached hydrogens (primary N) is 1. The minimum Gasteiger partial charge on any atom is -0.366 e. The predicted octanol–water partition coefficient (Wildman–Crippen LogP) is 2.84. The van der Waals surface area contributed by atoms with Gasteiger partial charge in [0.1, 0.15) is 24.9 Å². The van der Waals surface area contributed by atoms with Gasteiger partial charge < -0.3 is 25.2 Å². The molecule has 1 aromatic carbocycles. The summed E-state index contributed by atoms with van der Waals surface area (Å²) in [6, 6.07) is 4.46. The second-order valence-electron chi connectivity index (χ2n) is 11.5. The zero-order valence-electron chi connectivity index (χ0n) is 22.8. The van der Waals surface area contributed by atoms with E-state index in [0.29, 0.717) is 5.56 Å². The molecular weight excluding hydrogens is 533 g/mol. The molecule has 3 saturated heterocycles. The highest BCUT2D eigenvalue weighted by Crippen LogP contribution is 2.42. The number of ether oxygens (including phenoxy) is 1. The molecule has 4 heterocycles. The summed E-state index contributed by atoms with van der Waals surface area (Å²) in [5, 5.41) is 2.95. The van der Waals surface area contributed by atoms with Crippen LogP contribution in [0.5, 0.6) is 0 Å². The number of likely N-dealkylation sites (N-methyl/N-ethyl adjacent to an activating group) is 1. The van der Waals surface area contributed by atoms with Crippen molar-refractivity contribution in [2.75, 3.05) is 51.3 Å². The van der Waals surface area contributed by atoms with Crippen molar-refractivity contribution < 1.29 is 23.5 Å². The van der Waals surface area contributed by atoms with Crippen LogP contribution < -0.4 is 10.6 Å². The van der Waals surface area contributed by atoms with E-state index in [1.54, 1.807) is 17.4 Å². The van der Waals surface area contributed by atoms with Crippen molar-refractivity contribution in [3.05, 3.63) is 34.7 Å². The lowest BCUT2D eigenvalue weighted by Crippen LogP contribution is -2.46. The van der Waals surface area contributed by atoms with Gasteiger partial charge in [-0.15, -0.1) is 11.3 Å². The third-order valence-corrected chi connectivity index (χ3v) is 9.91. The number of hydrogen-bond donors (Lipinski definition) is 1. The number of anilines is 1. The monoisotopic (exact) mass is 569 g/mol. The number of nitrogens with zero attached hydrogens (tertiary/aromatic N) is 4. The number of thiazole rings is 1. The minimum absolute atomic E-state index is 0.0412. The fourth-order valence-electron chi connectivity index (χ4n) is 6.80. The van der Waals surface area contributed by atoms with E-state index in [1.807, 2.05) is 17.5 Å². The molecule has 4 atom stereocenters. The second-order valence-corrected chi connectivity index (χ2v) is 12.4. The van der Waals surface area contributed by atoms with Crippen LogP contribution in [0, 0.1) is 5.92 Å². The van der Waals surface area contributed by atoms with Crippen molar-refractivity contribution in [2.45, 2.75) is 56.3 Å². The Balaban J connectivity index is 1.37. The number of likely N-dealkylation sites (tertiary alicyclic amines) is 1. The van der Waals surface area contributed by atoms with Crippen LogP contribution in [0.4, 0.5) is 9.52 Å². The number of piperazine rings is 1. The molecule has 0 unspecified atom stereocenters. The SMILES string of the molecule is CN1CCN(c2nc(-c3ccc(C(N)=O)c([C@@H](C(=O)N4C[C@H](F)[C@H]5OCC(=O)[C@H]54)C4CCCCC4)c3)cs2)CC1. The summed E-state index contributed by atoms with van der Waals surface area (Å²) in [4.78, 5) is 50.5. The zero-order chi connectivity index (χ0) is 28.0. The van der Waals surface area contributed by atoms with Crippen molar-refractivity contribution in [3.8, 4) is 11.3 Å². The average molecular weight is 570 g/mol. The number of alkyl halides is 1. The van der Waals surface area contributed by atoms with E-state index in [1.165, 1.54) is 4.90 Å². The largest absolute Gasteiger partial charge is 0.366 e. The van der Waals surface area contributed by atoms with Gasteiger partial charge >= 0.3 is 0 Å². The molecule has 9 nitrogen and oxygen atoms in total.